The van der Waals surface area contributed by atoms with E-state index < -0.39 is 0 Å². The van der Waals surface area contributed by atoms with E-state index in [2.05, 4.69) is 214 Å². The molecule has 2 nitrogen and oxygen atoms in total. The SMILES string of the molecule is CC1(C)C2=CCCC=C2c2ccc(N(C3=CCCC=C3)C3c4ccccc4C=C4C3c3ccc(N(C5=CCC(c6ccccc6)C=C5)c5ccccc5)cc3C4(C)C)cc21. The molecule has 11 rings (SSSR count). The third-order valence-corrected chi connectivity index (χ3v) is 14.5. The van der Waals surface area contributed by atoms with Crippen molar-refractivity contribution in [1.29, 1.82) is 0 Å². The van der Waals surface area contributed by atoms with E-state index in [1.165, 1.54) is 84.1 Å². The summed E-state index contributed by atoms with van der Waals surface area (Å²) in [5.41, 5.74) is 20.2. The van der Waals surface area contributed by atoms with Crippen LogP contribution in [-0.2, 0) is 10.8 Å². The van der Waals surface area contributed by atoms with Crippen molar-refractivity contribution in [2.24, 2.45) is 0 Å². The molecule has 0 saturated carbocycles. The van der Waals surface area contributed by atoms with Gasteiger partial charge in [-0.1, -0.05) is 155 Å². The van der Waals surface area contributed by atoms with Gasteiger partial charge in [-0.15, -0.1) is 0 Å². The Kier molecular flexibility index (Phi) is 8.78. The molecule has 6 aliphatic rings. The van der Waals surface area contributed by atoms with E-state index in [0.29, 0.717) is 5.92 Å². The summed E-state index contributed by atoms with van der Waals surface area (Å²) in [7, 11) is 0. The van der Waals surface area contributed by atoms with Crippen LogP contribution in [0.1, 0.15) is 117 Å². The third kappa shape index (κ3) is 5.82. The van der Waals surface area contributed by atoms with Crippen LogP contribution in [-0.4, -0.2) is 0 Å². The zero-order valence-electron chi connectivity index (χ0n) is 35.4. The number of rotatable bonds is 7. The van der Waals surface area contributed by atoms with Crippen LogP contribution in [0.4, 0.5) is 17.1 Å². The van der Waals surface area contributed by atoms with Gasteiger partial charge in [0.25, 0.3) is 0 Å². The third-order valence-electron chi connectivity index (χ3n) is 14.5. The highest BCUT2D eigenvalue weighted by molar-refractivity contribution is 5.91. The molecule has 0 saturated heterocycles. The molecule has 60 heavy (non-hydrogen) atoms. The number of benzene rings is 5. The summed E-state index contributed by atoms with van der Waals surface area (Å²) < 4.78 is 0. The minimum atomic E-state index is -0.184. The first-order chi connectivity index (χ1) is 29.3. The topological polar surface area (TPSA) is 6.48 Å². The lowest BCUT2D eigenvalue weighted by molar-refractivity contribution is 0.543. The molecule has 296 valence electrons. The Bertz CT molecular complexity index is 2750. The van der Waals surface area contributed by atoms with Gasteiger partial charge in [-0.25, -0.2) is 0 Å². The molecule has 0 heterocycles. The zero-order chi connectivity index (χ0) is 40.6. The highest BCUT2D eigenvalue weighted by atomic mass is 15.2. The summed E-state index contributed by atoms with van der Waals surface area (Å²) in [4.78, 5) is 5.19. The van der Waals surface area contributed by atoms with Gasteiger partial charge in [-0.3, -0.25) is 0 Å². The highest BCUT2D eigenvalue weighted by Crippen LogP contribution is 2.62. The molecule has 5 aromatic rings. The maximum Gasteiger partial charge on any atom is 0.0703 e. The van der Waals surface area contributed by atoms with Gasteiger partial charge in [-0.2, -0.15) is 0 Å². The molecule has 5 aromatic carbocycles. The smallest absolute Gasteiger partial charge is 0.0703 e. The van der Waals surface area contributed by atoms with Crippen molar-refractivity contribution < 1.29 is 0 Å². The molecule has 0 aromatic heterocycles. The van der Waals surface area contributed by atoms with E-state index >= 15 is 0 Å². The Balaban J connectivity index is 1.05. The summed E-state index contributed by atoms with van der Waals surface area (Å²) in [6.45, 7) is 9.80. The van der Waals surface area contributed by atoms with Crippen LogP contribution < -0.4 is 9.80 Å². The first-order valence-electron chi connectivity index (χ1n) is 22.2. The van der Waals surface area contributed by atoms with E-state index in [0.717, 1.165) is 32.1 Å². The molecule has 0 radical (unpaired) electrons. The predicted octanol–water partition coefficient (Wildman–Crippen LogP) is 15.1. The number of nitrogens with zero attached hydrogens (tertiary/aromatic N) is 2. The summed E-state index contributed by atoms with van der Waals surface area (Å²) in [5, 5.41) is 0. The lowest BCUT2D eigenvalue weighted by atomic mass is 9.72. The Morgan fingerprint density at radius 2 is 1.30 bits per heavy atom. The fraction of sp³-hybridized carbons (Fsp3) is 0.241. The Morgan fingerprint density at radius 3 is 2.08 bits per heavy atom. The Hall–Kier alpha value is -6.12. The fourth-order valence-corrected chi connectivity index (χ4v) is 11.5. The van der Waals surface area contributed by atoms with Gasteiger partial charge >= 0.3 is 0 Å². The second-order valence-electron chi connectivity index (χ2n) is 18.6. The molecule has 2 heteroatoms. The van der Waals surface area contributed by atoms with Crippen LogP contribution in [0.2, 0.25) is 0 Å². The van der Waals surface area contributed by atoms with E-state index in [4.69, 9.17) is 0 Å². The standard InChI is InChI=1S/C58H54N2/c1-57(2)51-27-17-16-26-48(51)49-34-32-46(38-52(49)57)60(43-23-12-7-13-24-43)56-47-25-15-14-20-41(47)36-54-55(56)50-35-33-45(37-53(50)58(54,3)4)59(42-21-10-6-11-22-42)44-30-28-40(29-31-44)39-18-8-5-9-19-39/h5-6,8-12,14-15,18-28,30-38,40,55-56H,7,13,16-17,29H2,1-4H3. The lowest BCUT2D eigenvalue weighted by Gasteiger charge is -2.44. The average molecular weight is 779 g/mol. The molecule has 0 aliphatic heterocycles. The second kappa shape index (κ2) is 14.3. The summed E-state index contributed by atoms with van der Waals surface area (Å²) >= 11 is 0. The van der Waals surface area contributed by atoms with Gasteiger partial charge in [0.2, 0.25) is 0 Å². The van der Waals surface area contributed by atoms with Gasteiger partial charge < -0.3 is 9.80 Å². The van der Waals surface area contributed by atoms with Crippen LogP contribution in [0.3, 0.4) is 0 Å². The van der Waals surface area contributed by atoms with Crippen LogP contribution in [0, 0.1) is 0 Å². The molecule has 0 amide bonds. The van der Waals surface area contributed by atoms with Crippen molar-refractivity contribution in [3.05, 3.63) is 231 Å². The van der Waals surface area contributed by atoms with Gasteiger partial charge in [0.1, 0.15) is 0 Å². The fourth-order valence-electron chi connectivity index (χ4n) is 11.5. The van der Waals surface area contributed by atoms with Crippen molar-refractivity contribution >= 4 is 28.7 Å². The molecule has 0 spiro atoms. The maximum atomic E-state index is 2.73. The van der Waals surface area contributed by atoms with Crippen molar-refractivity contribution in [3.63, 3.8) is 0 Å². The van der Waals surface area contributed by atoms with E-state index in [1.807, 2.05) is 0 Å². The number of hydrogen-bond donors (Lipinski definition) is 0. The van der Waals surface area contributed by atoms with Crippen LogP contribution >= 0.6 is 0 Å². The van der Waals surface area contributed by atoms with Crippen molar-refractivity contribution in [3.8, 4) is 0 Å². The summed E-state index contributed by atoms with van der Waals surface area (Å²) in [6.07, 6.45) is 27.3. The molecule has 3 atom stereocenters. The molecule has 0 fully saturated rings. The zero-order valence-corrected chi connectivity index (χ0v) is 35.4. The lowest BCUT2D eigenvalue weighted by Crippen LogP contribution is -2.35. The molecular weight excluding hydrogens is 725 g/mol. The van der Waals surface area contributed by atoms with Crippen LogP contribution in [0.15, 0.2) is 192 Å². The Morgan fingerprint density at radius 1 is 0.567 bits per heavy atom. The summed E-state index contributed by atoms with van der Waals surface area (Å²) in [6, 6.07) is 45.9. The number of allylic oxidation sites excluding steroid dienone is 10. The monoisotopic (exact) mass is 778 g/mol. The predicted molar refractivity (Wildman–Crippen MR) is 253 cm³/mol. The Labute approximate surface area is 357 Å². The molecule has 0 bridgehead atoms. The first-order valence-corrected chi connectivity index (χ1v) is 22.2. The van der Waals surface area contributed by atoms with Gasteiger partial charge in [0, 0.05) is 51.1 Å². The molecular formula is C58H54N2. The number of anilines is 3. The normalized spacial score (nSPS) is 22.5. The van der Waals surface area contributed by atoms with Gasteiger partial charge in [0.05, 0.1) is 6.04 Å². The number of para-hydroxylation sites is 1. The largest absolute Gasteiger partial charge is 0.333 e. The highest BCUT2D eigenvalue weighted by Gasteiger charge is 2.50. The minimum Gasteiger partial charge on any atom is -0.333 e. The van der Waals surface area contributed by atoms with E-state index in [1.54, 1.807) is 0 Å². The van der Waals surface area contributed by atoms with Crippen molar-refractivity contribution in [1.82, 2.24) is 0 Å². The van der Waals surface area contributed by atoms with Crippen molar-refractivity contribution in [2.45, 2.75) is 88.5 Å². The first kappa shape index (κ1) is 36.9. The molecule has 0 N–H and O–H groups in total. The van der Waals surface area contributed by atoms with Crippen LogP contribution in [0.5, 0.6) is 0 Å². The quantitative estimate of drug-likeness (QED) is 0.162. The molecule has 6 aliphatic carbocycles. The van der Waals surface area contributed by atoms with Crippen LogP contribution in [0.25, 0.3) is 11.6 Å². The number of hydrogen-bond acceptors (Lipinski definition) is 2. The van der Waals surface area contributed by atoms with Crippen molar-refractivity contribution in [2.75, 3.05) is 9.80 Å². The average Bonchev–Trinajstić information content (AvgIpc) is 3.66. The maximum absolute atomic E-state index is 2.73. The summed E-state index contributed by atoms with van der Waals surface area (Å²) in [5.74, 6) is 0.558. The number of fused-ring (bicyclic) bond motifs is 7. The minimum absolute atomic E-state index is 0.0377. The van der Waals surface area contributed by atoms with Gasteiger partial charge in [0.15, 0.2) is 0 Å². The second-order valence-corrected chi connectivity index (χ2v) is 18.6. The van der Waals surface area contributed by atoms with E-state index in [9.17, 15) is 0 Å². The molecule has 3 unspecified atom stereocenters. The van der Waals surface area contributed by atoms with E-state index in [-0.39, 0.29) is 22.8 Å². The van der Waals surface area contributed by atoms with Gasteiger partial charge in [-0.05, 0) is 136 Å².